The molecule has 1 aliphatic carbocycles. The summed E-state index contributed by atoms with van der Waals surface area (Å²) in [6.07, 6.45) is -0.391. The molecule has 4 N–H and O–H groups in total. The highest BCUT2D eigenvalue weighted by Crippen LogP contribution is 2.31. The summed E-state index contributed by atoms with van der Waals surface area (Å²) in [6.45, 7) is 0. The minimum absolute atomic E-state index is 0.116. The van der Waals surface area contributed by atoms with Crippen molar-refractivity contribution in [3.8, 4) is 0 Å². The number of hydrogen-bond acceptors (Lipinski definition) is 10. The molecule has 2 aromatic rings. The van der Waals surface area contributed by atoms with Gasteiger partial charge < -0.3 is 30.7 Å². The molecule has 0 spiro atoms. The average Bonchev–Trinajstić information content (AvgIpc) is 2.92. The Morgan fingerprint density at radius 2 is 1.03 bits per heavy atom. The van der Waals surface area contributed by atoms with Crippen LogP contribution in [0.5, 0.6) is 0 Å². The van der Waals surface area contributed by atoms with Crippen LogP contribution in [0.15, 0.2) is 36.4 Å². The van der Waals surface area contributed by atoms with Gasteiger partial charge in [-0.1, -0.05) is 0 Å². The number of rotatable bonds is 10. The number of methoxy groups -OCH3 is 2. The maximum absolute atomic E-state index is 13.2. The fraction of sp³-hybridized carbons (Fsp3) is 0.308. The summed E-state index contributed by atoms with van der Waals surface area (Å²) in [5.74, 6) is -3.01. The number of carbonyl (C=O) groups is 6. The van der Waals surface area contributed by atoms with Gasteiger partial charge in [-0.25, -0.2) is 0 Å². The number of carbonyl (C=O) groups excluding carboxylic acids is 6. The molecule has 2 atom stereocenters. The fourth-order valence-electron chi connectivity index (χ4n) is 3.99. The Morgan fingerprint density at radius 3 is 1.34 bits per heavy atom. The third-order valence-corrected chi connectivity index (χ3v) is 6.03. The normalized spacial score (nSPS) is 13.5. The summed E-state index contributed by atoms with van der Waals surface area (Å²) in [7, 11) is 5.48. The van der Waals surface area contributed by atoms with Crippen molar-refractivity contribution < 1.29 is 38.2 Å². The van der Waals surface area contributed by atoms with Gasteiger partial charge in [-0.05, 0) is 50.5 Å². The lowest BCUT2D eigenvalue weighted by molar-refractivity contribution is -0.144. The molecular weight excluding hydrogens is 496 g/mol. The van der Waals surface area contributed by atoms with E-state index < -0.39 is 47.4 Å². The molecule has 12 heteroatoms. The Bertz CT molecular complexity index is 1210. The minimum atomic E-state index is -0.841. The molecule has 2 aromatic carbocycles. The van der Waals surface area contributed by atoms with Crippen molar-refractivity contribution in [1.82, 2.24) is 10.6 Å². The van der Waals surface area contributed by atoms with E-state index in [1.54, 1.807) is 0 Å². The predicted octanol–water partition coefficient (Wildman–Crippen LogP) is 0.641. The minimum Gasteiger partial charge on any atom is -0.468 e. The van der Waals surface area contributed by atoms with Gasteiger partial charge >= 0.3 is 11.9 Å². The highest BCUT2D eigenvalue weighted by Gasteiger charge is 2.31. The highest BCUT2D eigenvalue weighted by molar-refractivity contribution is 6.29. The Kier molecular flexibility index (Phi) is 9.05. The molecule has 0 aromatic heterocycles. The van der Waals surface area contributed by atoms with Gasteiger partial charge in [0.25, 0.3) is 0 Å². The fourth-order valence-corrected chi connectivity index (χ4v) is 3.99. The second-order valence-corrected chi connectivity index (χ2v) is 8.41. The molecule has 12 nitrogen and oxygen atoms in total. The number of nitrogens with one attached hydrogen (secondary N) is 4. The van der Waals surface area contributed by atoms with Crippen LogP contribution in [-0.2, 0) is 28.7 Å². The lowest BCUT2D eigenvalue weighted by atomic mass is 9.83. The molecule has 0 saturated carbocycles. The molecule has 0 saturated heterocycles. The number of ether oxygens (including phenoxy) is 2. The van der Waals surface area contributed by atoms with Gasteiger partial charge in [0.05, 0.1) is 27.1 Å². The molecule has 2 unspecified atom stereocenters. The van der Waals surface area contributed by atoms with E-state index in [0.717, 1.165) is 0 Å². The van der Waals surface area contributed by atoms with Crippen LogP contribution in [0.4, 0.5) is 11.4 Å². The van der Waals surface area contributed by atoms with Crippen LogP contribution >= 0.6 is 0 Å². The van der Waals surface area contributed by atoms with Gasteiger partial charge in [0.1, 0.15) is 12.1 Å². The van der Waals surface area contributed by atoms with Gasteiger partial charge in [-0.2, -0.15) is 0 Å². The van der Waals surface area contributed by atoms with Crippen LogP contribution < -0.4 is 21.3 Å². The monoisotopic (exact) mass is 524 g/mol. The molecule has 3 rings (SSSR count). The zero-order valence-electron chi connectivity index (χ0n) is 21.3. The summed E-state index contributed by atoms with van der Waals surface area (Å²) in [4.78, 5) is 74.6. The molecule has 0 bridgehead atoms. The largest absolute Gasteiger partial charge is 0.468 e. The molecule has 0 radical (unpaired) electrons. The Morgan fingerprint density at radius 1 is 0.658 bits per heavy atom. The van der Waals surface area contributed by atoms with Crippen molar-refractivity contribution >= 4 is 46.7 Å². The second-order valence-electron chi connectivity index (χ2n) is 8.41. The number of anilines is 2. The van der Waals surface area contributed by atoms with Crippen molar-refractivity contribution in [2.24, 2.45) is 0 Å². The van der Waals surface area contributed by atoms with Crippen LogP contribution in [0.1, 0.15) is 44.7 Å². The van der Waals surface area contributed by atoms with E-state index in [0.29, 0.717) is 0 Å². The zero-order valence-corrected chi connectivity index (χ0v) is 21.3. The first-order valence-electron chi connectivity index (χ1n) is 11.6. The van der Waals surface area contributed by atoms with E-state index in [1.165, 1.54) is 64.7 Å². The van der Waals surface area contributed by atoms with Crippen LogP contribution in [0.2, 0.25) is 0 Å². The number of esters is 2. The van der Waals surface area contributed by atoms with Crippen molar-refractivity contribution in [2.75, 3.05) is 38.9 Å². The standard InChI is InChI=1S/C26H28N4O8/c1-27-19(25(35)37-3)11-21(31)29-13-5-7-15-17(9-13)23(33)16-8-6-14(10-18(16)24(15)34)30-22(32)12-20(28-2)26(36)38-4/h5-10,19-20,27-28H,11-12H2,1-4H3,(H,29,31)(H,30,32). The maximum atomic E-state index is 13.2. The maximum Gasteiger partial charge on any atom is 0.323 e. The van der Waals surface area contributed by atoms with Gasteiger partial charge in [0, 0.05) is 33.6 Å². The average molecular weight is 525 g/mol. The number of likely N-dealkylation sites (N-methyl/N-ethyl adjacent to an activating group) is 2. The van der Waals surface area contributed by atoms with Crippen LogP contribution in [0, 0.1) is 0 Å². The SMILES string of the molecule is CNC(CC(=O)Nc1ccc2c(c1)C(=O)c1ccc(NC(=O)CC(NC)C(=O)OC)cc1C2=O)C(=O)OC. The van der Waals surface area contributed by atoms with Gasteiger partial charge in [0.15, 0.2) is 11.6 Å². The molecule has 2 amide bonds. The van der Waals surface area contributed by atoms with Gasteiger partial charge in [0.2, 0.25) is 11.8 Å². The predicted molar refractivity (Wildman–Crippen MR) is 136 cm³/mol. The van der Waals surface area contributed by atoms with E-state index in [2.05, 4.69) is 30.7 Å². The smallest absolute Gasteiger partial charge is 0.323 e. The first kappa shape index (κ1) is 28.2. The number of benzene rings is 2. The molecule has 0 aliphatic heterocycles. The van der Waals surface area contributed by atoms with Crippen molar-refractivity contribution in [2.45, 2.75) is 24.9 Å². The molecule has 1 aliphatic rings. The number of fused-ring (bicyclic) bond motifs is 2. The molecule has 0 fully saturated rings. The van der Waals surface area contributed by atoms with Crippen molar-refractivity contribution in [3.05, 3.63) is 58.7 Å². The Labute approximate surface area is 218 Å². The highest BCUT2D eigenvalue weighted by atomic mass is 16.5. The third kappa shape index (κ3) is 6.10. The molecular formula is C26H28N4O8. The molecule has 38 heavy (non-hydrogen) atoms. The lowest BCUT2D eigenvalue weighted by Gasteiger charge is -2.20. The second kappa shape index (κ2) is 12.2. The molecule has 200 valence electrons. The Hall–Kier alpha value is -4.42. The van der Waals surface area contributed by atoms with Gasteiger partial charge in [-0.3, -0.25) is 28.8 Å². The van der Waals surface area contributed by atoms with Crippen LogP contribution in [0.25, 0.3) is 0 Å². The Balaban J connectivity index is 1.77. The van der Waals surface area contributed by atoms with Gasteiger partial charge in [-0.15, -0.1) is 0 Å². The summed E-state index contributed by atoms with van der Waals surface area (Å²) in [5.41, 5.74) is 1.09. The third-order valence-electron chi connectivity index (χ3n) is 6.03. The number of hydrogen-bond donors (Lipinski definition) is 4. The van der Waals surface area contributed by atoms with Crippen LogP contribution in [0.3, 0.4) is 0 Å². The summed E-state index contributed by atoms with van der Waals surface area (Å²) >= 11 is 0. The van der Waals surface area contributed by atoms with E-state index in [4.69, 9.17) is 0 Å². The summed E-state index contributed by atoms with van der Waals surface area (Å²) < 4.78 is 9.29. The van der Waals surface area contributed by atoms with Crippen molar-refractivity contribution in [3.63, 3.8) is 0 Å². The van der Waals surface area contributed by atoms with Crippen molar-refractivity contribution in [1.29, 1.82) is 0 Å². The first-order valence-corrected chi connectivity index (χ1v) is 11.6. The first-order chi connectivity index (χ1) is 18.1. The zero-order chi connectivity index (χ0) is 28.0. The quantitative estimate of drug-likeness (QED) is 0.276. The van der Waals surface area contributed by atoms with Crippen LogP contribution in [-0.4, -0.2) is 75.7 Å². The van der Waals surface area contributed by atoms with E-state index in [-0.39, 0.29) is 46.5 Å². The summed E-state index contributed by atoms with van der Waals surface area (Å²) in [6, 6.07) is 6.96. The lowest BCUT2D eigenvalue weighted by Crippen LogP contribution is -2.38. The van der Waals surface area contributed by atoms with E-state index >= 15 is 0 Å². The van der Waals surface area contributed by atoms with E-state index in [1.807, 2.05) is 0 Å². The topological polar surface area (TPSA) is 169 Å². The number of ketones is 2. The summed E-state index contributed by atoms with van der Waals surface area (Å²) in [5, 5.41) is 10.6. The van der Waals surface area contributed by atoms with E-state index in [9.17, 15) is 28.8 Å². The number of amides is 2. The molecule has 0 heterocycles.